The van der Waals surface area contributed by atoms with Crippen LogP contribution in [0.1, 0.15) is 44.2 Å². The van der Waals surface area contributed by atoms with Gasteiger partial charge in [-0.15, -0.1) is 0 Å². The lowest BCUT2D eigenvalue weighted by Crippen LogP contribution is -2.41. The number of nitrogens with zero attached hydrogens (tertiary/aromatic N) is 3. The summed E-state index contributed by atoms with van der Waals surface area (Å²) < 4.78 is 0. The van der Waals surface area contributed by atoms with E-state index >= 15 is 0 Å². The Morgan fingerprint density at radius 1 is 1.29 bits per heavy atom. The van der Waals surface area contributed by atoms with Crippen LogP contribution in [-0.2, 0) is 4.79 Å². The summed E-state index contributed by atoms with van der Waals surface area (Å²) in [6.07, 6.45) is 8.05. The zero-order valence-electron chi connectivity index (χ0n) is 12.7. The fourth-order valence-corrected chi connectivity index (χ4v) is 3.08. The van der Waals surface area contributed by atoms with Crippen molar-refractivity contribution in [2.75, 3.05) is 18.0 Å². The first-order chi connectivity index (χ1) is 10.2. The molecule has 0 bridgehead atoms. The zero-order chi connectivity index (χ0) is 14.7. The molecule has 21 heavy (non-hydrogen) atoms. The molecule has 1 saturated carbocycles. The van der Waals surface area contributed by atoms with Crippen LogP contribution < -0.4 is 10.2 Å². The Kier molecular flexibility index (Phi) is 4.36. The molecule has 0 atom stereocenters. The molecule has 1 amide bonds. The van der Waals surface area contributed by atoms with E-state index in [1.165, 1.54) is 6.42 Å². The second-order valence-electron chi connectivity index (χ2n) is 6.35. The van der Waals surface area contributed by atoms with Crippen LogP contribution in [0.3, 0.4) is 0 Å². The summed E-state index contributed by atoms with van der Waals surface area (Å²) >= 11 is 0. The Balaban J connectivity index is 1.45. The Hall–Kier alpha value is -1.65. The van der Waals surface area contributed by atoms with Gasteiger partial charge in [-0.2, -0.15) is 0 Å². The fraction of sp³-hybridized carbons (Fsp3) is 0.688. The number of rotatable bonds is 4. The molecule has 0 radical (unpaired) electrons. The number of piperidine rings is 1. The van der Waals surface area contributed by atoms with Gasteiger partial charge in [0.05, 0.1) is 0 Å². The molecule has 1 saturated heterocycles. The van der Waals surface area contributed by atoms with Gasteiger partial charge in [0.2, 0.25) is 5.91 Å². The number of carbonyl (C=O) groups is 1. The van der Waals surface area contributed by atoms with Crippen LogP contribution in [0.25, 0.3) is 0 Å². The van der Waals surface area contributed by atoms with E-state index in [9.17, 15) is 4.79 Å². The van der Waals surface area contributed by atoms with Crippen molar-refractivity contribution in [2.24, 2.45) is 5.92 Å². The van der Waals surface area contributed by atoms with Crippen LogP contribution in [-0.4, -0.2) is 35.0 Å². The lowest BCUT2D eigenvalue weighted by molar-refractivity contribution is -0.123. The smallest absolute Gasteiger partial charge is 0.220 e. The topological polar surface area (TPSA) is 58.1 Å². The average Bonchev–Trinajstić information content (AvgIpc) is 2.44. The molecule has 0 spiro atoms. The first kappa shape index (κ1) is 14.3. The third-order valence-corrected chi connectivity index (χ3v) is 4.67. The van der Waals surface area contributed by atoms with E-state index < -0.39 is 0 Å². The minimum absolute atomic E-state index is 0.246. The Morgan fingerprint density at radius 3 is 2.67 bits per heavy atom. The SMILES string of the molecule is Cc1cc(N2CCC(CC(=O)NC3CCC3)CC2)ncn1. The molecular formula is C16H24N4O. The Morgan fingerprint density at radius 2 is 2.05 bits per heavy atom. The molecule has 1 aromatic rings. The van der Waals surface area contributed by atoms with Crippen LogP contribution in [0.4, 0.5) is 5.82 Å². The molecule has 1 aromatic heterocycles. The van der Waals surface area contributed by atoms with E-state index in [1.54, 1.807) is 6.33 Å². The highest BCUT2D eigenvalue weighted by Crippen LogP contribution is 2.25. The van der Waals surface area contributed by atoms with E-state index in [-0.39, 0.29) is 5.91 Å². The van der Waals surface area contributed by atoms with Crippen molar-refractivity contribution in [1.82, 2.24) is 15.3 Å². The standard InChI is InChI=1S/C16H24N4O/c1-12-9-15(18-11-17-12)20-7-5-13(6-8-20)10-16(21)19-14-3-2-4-14/h9,11,13-14H,2-8,10H2,1H3,(H,19,21). The minimum atomic E-state index is 0.246. The van der Waals surface area contributed by atoms with Gasteiger partial charge in [-0.1, -0.05) is 0 Å². The summed E-state index contributed by atoms with van der Waals surface area (Å²) in [5, 5.41) is 3.14. The molecule has 1 N–H and O–H groups in total. The second-order valence-corrected chi connectivity index (χ2v) is 6.35. The summed E-state index contributed by atoms with van der Waals surface area (Å²) in [5.41, 5.74) is 1.00. The lowest BCUT2D eigenvalue weighted by Gasteiger charge is -2.33. The van der Waals surface area contributed by atoms with E-state index in [4.69, 9.17) is 0 Å². The third kappa shape index (κ3) is 3.71. The molecule has 0 aromatic carbocycles. The molecule has 1 aliphatic heterocycles. The predicted octanol–water partition coefficient (Wildman–Crippen LogP) is 2.06. The van der Waals surface area contributed by atoms with Gasteiger partial charge in [0.15, 0.2) is 0 Å². The van der Waals surface area contributed by atoms with Gasteiger partial charge < -0.3 is 10.2 Å². The Bertz CT molecular complexity index is 493. The number of aromatic nitrogens is 2. The number of hydrogen-bond acceptors (Lipinski definition) is 4. The number of carbonyl (C=O) groups excluding carboxylic acids is 1. The van der Waals surface area contributed by atoms with Crippen LogP contribution >= 0.6 is 0 Å². The van der Waals surface area contributed by atoms with Gasteiger partial charge in [0.25, 0.3) is 0 Å². The largest absolute Gasteiger partial charge is 0.356 e. The molecule has 2 heterocycles. The van der Waals surface area contributed by atoms with Crippen molar-refractivity contribution in [3.8, 4) is 0 Å². The maximum absolute atomic E-state index is 12.0. The van der Waals surface area contributed by atoms with Gasteiger partial charge >= 0.3 is 0 Å². The monoisotopic (exact) mass is 288 g/mol. The number of nitrogens with one attached hydrogen (secondary N) is 1. The number of aryl methyl sites for hydroxylation is 1. The van der Waals surface area contributed by atoms with Crippen molar-refractivity contribution in [3.05, 3.63) is 18.1 Å². The molecule has 0 unspecified atom stereocenters. The molecule has 2 fully saturated rings. The zero-order valence-corrected chi connectivity index (χ0v) is 12.7. The minimum Gasteiger partial charge on any atom is -0.356 e. The van der Waals surface area contributed by atoms with Crippen LogP contribution in [0.15, 0.2) is 12.4 Å². The molecule has 2 aliphatic rings. The maximum atomic E-state index is 12.0. The van der Waals surface area contributed by atoms with Crippen molar-refractivity contribution in [1.29, 1.82) is 0 Å². The second kappa shape index (κ2) is 6.41. The predicted molar refractivity (Wildman–Crippen MR) is 82.1 cm³/mol. The van der Waals surface area contributed by atoms with Crippen molar-refractivity contribution < 1.29 is 4.79 Å². The molecule has 114 valence electrons. The summed E-state index contributed by atoms with van der Waals surface area (Å²) in [4.78, 5) is 22.7. The first-order valence-electron chi connectivity index (χ1n) is 8.03. The Labute approximate surface area is 126 Å². The van der Waals surface area contributed by atoms with Crippen LogP contribution in [0.2, 0.25) is 0 Å². The van der Waals surface area contributed by atoms with Crippen molar-refractivity contribution in [3.63, 3.8) is 0 Å². The lowest BCUT2D eigenvalue weighted by atomic mass is 9.90. The van der Waals surface area contributed by atoms with Gasteiger partial charge in [0.1, 0.15) is 12.1 Å². The fourth-order valence-electron chi connectivity index (χ4n) is 3.08. The quantitative estimate of drug-likeness (QED) is 0.921. The van der Waals surface area contributed by atoms with E-state index in [0.717, 1.165) is 50.3 Å². The maximum Gasteiger partial charge on any atom is 0.220 e. The molecule has 1 aliphatic carbocycles. The highest BCUT2D eigenvalue weighted by Gasteiger charge is 2.24. The summed E-state index contributed by atoms with van der Waals surface area (Å²) in [5.74, 6) is 1.78. The number of anilines is 1. The number of amides is 1. The van der Waals surface area contributed by atoms with E-state index in [1.807, 2.05) is 13.0 Å². The number of hydrogen-bond donors (Lipinski definition) is 1. The van der Waals surface area contributed by atoms with Crippen molar-refractivity contribution >= 4 is 11.7 Å². The third-order valence-electron chi connectivity index (χ3n) is 4.67. The van der Waals surface area contributed by atoms with E-state index in [0.29, 0.717) is 18.4 Å². The average molecular weight is 288 g/mol. The van der Waals surface area contributed by atoms with Gasteiger partial charge in [-0.3, -0.25) is 4.79 Å². The first-order valence-corrected chi connectivity index (χ1v) is 8.03. The normalized spacial score (nSPS) is 20.1. The van der Waals surface area contributed by atoms with Crippen LogP contribution in [0, 0.1) is 12.8 Å². The van der Waals surface area contributed by atoms with Crippen molar-refractivity contribution in [2.45, 2.75) is 51.5 Å². The summed E-state index contributed by atoms with van der Waals surface area (Å²) in [6.45, 7) is 3.96. The summed E-state index contributed by atoms with van der Waals surface area (Å²) in [7, 11) is 0. The van der Waals surface area contributed by atoms with Crippen LogP contribution in [0.5, 0.6) is 0 Å². The molecule has 5 heteroatoms. The highest BCUT2D eigenvalue weighted by atomic mass is 16.1. The van der Waals surface area contributed by atoms with Gasteiger partial charge in [-0.25, -0.2) is 9.97 Å². The molecular weight excluding hydrogens is 264 g/mol. The highest BCUT2D eigenvalue weighted by molar-refractivity contribution is 5.76. The summed E-state index contributed by atoms with van der Waals surface area (Å²) in [6, 6.07) is 2.49. The van der Waals surface area contributed by atoms with E-state index in [2.05, 4.69) is 20.2 Å². The molecule has 3 rings (SSSR count). The molecule has 5 nitrogen and oxygen atoms in total. The van der Waals surface area contributed by atoms with Gasteiger partial charge in [-0.05, 0) is 44.9 Å². The van der Waals surface area contributed by atoms with Gasteiger partial charge in [0, 0.05) is 37.3 Å².